The van der Waals surface area contributed by atoms with E-state index in [1.54, 1.807) is 25.4 Å². The van der Waals surface area contributed by atoms with Gasteiger partial charge in [0, 0.05) is 33.3 Å². The molecule has 176 valence electrons. The molecule has 4 rings (SSSR count). The molecule has 0 spiro atoms. The Morgan fingerprint density at radius 3 is 2.76 bits per heavy atom. The number of rotatable bonds is 8. The van der Waals surface area contributed by atoms with Crippen LogP contribution in [-0.2, 0) is 23.8 Å². The maximum absolute atomic E-state index is 14.4. The van der Waals surface area contributed by atoms with Crippen molar-refractivity contribution in [1.29, 1.82) is 0 Å². The summed E-state index contributed by atoms with van der Waals surface area (Å²) >= 11 is 0. The maximum Gasteiger partial charge on any atom is 0.293 e. The summed E-state index contributed by atoms with van der Waals surface area (Å²) in [6.45, 7) is 0.726. The molecule has 0 atom stereocenters. The van der Waals surface area contributed by atoms with E-state index in [-0.39, 0.29) is 28.8 Å². The van der Waals surface area contributed by atoms with Gasteiger partial charge in [0.2, 0.25) is 5.91 Å². The molecule has 0 saturated carbocycles. The molecule has 33 heavy (non-hydrogen) atoms. The van der Waals surface area contributed by atoms with Crippen LogP contribution in [0.4, 0.5) is 14.6 Å². The molecule has 8 nitrogen and oxygen atoms in total. The molecule has 10 heteroatoms. The Kier molecular flexibility index (Phi) is 6.16. The van der Waals surface area contributed by atoms with Gasteiger partial charge >= 0.3 is 0 Å². The summed E-state index contributed by atoms with van der Waals surface area (Å²) in [5, 5.41) is 6.12. The van der Waals surface area contributed by atoms with Crippen molar-refractivity contribution in [2.24, 2.45) is 0 Å². The van der Waals surface area contributed by atoms with E-state index in [9.17, 15) is 18.4 Å². The summed E-state index contributed by atoms with van der Waals surface area (Å²) in [4.78, 5) is 36.5. The molecule has 1 aromatic carbocycles. The molecule has 3 N–H and O–H groups in total. The second kappa shape index (κ2) is 9.19. The number of H-pyrrole nitrogens is 1. The monoisotopic (exact) mass is 458 g/mol. The minimum absolute atomic E-state index is 0. The second-order valence-electron chi connectivity index (χ2n) is 7.58. The van der Waals surface area contributed by atoms with Crippen LogP contribution in [0.15, 0.2) is 65.8 Å². The van der Waals surface area contributed by atoms with Crippen LogP contribution >= 0.6 is 0 Å². The topological polar surface area (TPSA) is 105 Å². The summed E-state index contributed by atoms with van der Waals surface area (Å²) in [5.41, 5.74) is 1.17. The predicted molar refractivity (Wildman–Crippen MR) is 126 cm³/mol. The van der Waals surface area contributed by atoms with Gasteiger partial charge < -0.3 is 15.6 Å². The number of pyridine rings is 1. The summed E-state index contributed by atoms with van der Waals surface area (Å²) in [5.74, 6) is -3.86. The third-order valence-corrected chi connectivity index (χ3v) is 5.19. The lowest BCUT2D eigenvalue weighted by atomic mass is 10.1. The van der Waals surface area contributed by atoms with E-state index in [2.05, 4.69) is 25.6 Å². The van der Waals surface area contributed by atoms with E-state index in [1.165, 1.54) is 35.0 Å². The highest BCUT2D eigenvalue weighted by molar-refractivity contribution is 5.79. The standard InChI is InChI=1S/C23H22F2N6O2.3H2/c1-15-10-29-21(30-14-23(24,25)17-5-3-2-4-6-17)22(33)31(15)13-20(32)28-11-18-9-16-7-8-26-19(16)12-27-18;;;/h2-10,12,26H,11,13-14H2,1H3,(H,28,32)(H,29,30);3*1H. The van der Waals surface area contributed by atoms with Crippen molar-refractivity contribution in [3.63, 3.8) is 0 Å². The van der Waals surface area contributed by atoms with Gasteiger partial charge in [-0.3, -0.25) is 19.1 Å². The number of alkyl halides is 2. The Balaban J connectivity index is 0.00000216. The molecule has 3 aromatic heterocycles. The predicted octanol–water partition coefficient (Wildman–Crippen LogP) is 3.69. The SMILES string of the molecule is Cc1cnc(NCC(F)(F)c2ccccc2)c(=O)n1CC(=O)NCc1cc2cc[nH]c2cn1.[HH].[HH].[HH]. The molecular formula is C23H28F2N6O2. The third-order valence-electron chi connectivity index (χ3n) is 5.19. The van der Waals surface area contributed by atoms with E-state index in [4.69, 9.17) is 0 Å². The van der Waals surface area contributed by atoms with Gasteiger partial charge in [-0.25, -0.2) is 4.98 Å². The molecule has 0 unspecified atom stereocenters. The van der Waals surface area contributed by atoms with Crippen LogP contribution in [0.1, 0.15) is 21.2 Å². The van der Waals surface area contributed by atoms with Gasteiger partial charge in [0.25, 0.3) is 11.5 Å². The Labute approximate surface area is 192 Å². The van der Waals surface area contributed by atoms with Gasteiger partial charge in [-0.1, -0.05) is 30.3 Å². The smallest absolute Gasteiger partial charge is 0.293 e. The normalized spacial score (nSPS) is 11.5. The van der Waals surface area contributed by atoms with Crippen molar-refractivity contribution in [1.82, 2.24) is 24.8 Å². The van der Waals surface area contributed by atoms with Crippen LogP contribution in [-0.4, -0.2) is 32.0 Å². The zero-order valence-electron chi connectivity index (χ0n) is 17.8. The highest BCUT2D eigenvalue weighted by Gasteiger charge is 2.31. The number of amides is 1. The lowest BCUT2D eigenvalue weighted by Crippen LogP contribution is -2.35. The molecule has 0 bridgehead atoms. The number of halogens is 2. The molecule has 0 aliphatic heterocycles. The first kappa shape index (κ1) is 22.1. The van der Waals surface area contributed by atoms with E-state index < -0.39 is 23.9 Å². The lowest BCUT2D eigenvalue weighted by Gasteiger charge is -2.18. The minimum Gasteiger partial charge on any atom is -0.360 e. The number of anilines is 1. The van der Waals surface area contributed by atoms with Crippen molar-refractivity contribution in [2.75, 3.05) is 11.9 Å². The third kappa shape index (κ3) is 5.05. The molecule has 3 heterocycles. The largest absolute Gasteiger partial charge is 0.360 e. The number of nitrogens with zero attached hydrogens (tertiary/aromatic N) is 3. The Morgan fingerprint density at radius 2 is 1.97 bits per heavy atom. The van der Waals surface area contributed by atoms with Crippen molar-refractivity contribution in [3.8, 4) is 0 Å². The van der Waals surface area contributed by atoms with Gasteiger partial charge in [-0.05, 0) is 19.1 Å². The molecule has 0 saturated heterocycles. The summed E-state index contributed by atoms with van der Waals surface area (Å²) < 4.78 is 30.0. The second-order valence-corrected chi connectivity index (χ2v) is 7.58. The van der Waals surface area contributed by atoms with E-state index >= 15 is 0 Å². The molecule has 1 amide bonds. The van der Waals surface area contributed by atoms with Gasteiger partial charge in [0.1, 0.15) is 6.54 Å². The van der Waals surface area contributed by atoms with E-state index in [1.807, 2.05) is 12.1 Å². The summed E-state index contributed by atoms with van der Waals surface area (Å²) in [7, 11) is 0. The van der Waals surface area contributed by atoms with E-state index in [0.717, 1.165) is 10.9 Å². The lowest BCUT2D eigenvalue weighted by molar-refractivity contribution is -0.121. The van der Waals surface area contributed by atoms with Crippen LogP contribution in [0, 0.1) is 6.92 Å². The fraction of sp³-hybridized carbons (Fsp3) is 0.217. The quantitative estimate of drug-likeness (QED) is 0.374. The van der Waals surface area contributed by atoms with Crippen LogP contribution in [0.25, 0.3) is 10.9 Å². The fourth-order valence-electron chi connectivity index (χ4n) is 3.35. The first-order valence-corrected chi connectivity index (χ1v) is 10.3. The van der Waals surface area contributed by atoms with Crippen molar-refractivity contribution in [2.45, 2.75) is 25.9 Å². The van der Waals surface area contributed by atoms with Crippen LogP contribution in [0.2, 0.25) is 0 Å². The molecule has 0 fully saturated rings. The average molecular weight is 459 g/mol. The number of aromatic nitrogens is 4. The molecular weight excluding hydrogens is 430 g/mol. The fourth-order valence-corrected chi connectivity index (χ4v) is 3.35. The molecule has 4 aromatic rings. The van der Waals surface area contributed by atoms with E-state index in [0.29, 0.717) is 11.4 Å². The number of hydrogen-bond donors (Lipinski definition) is 3. The number of carbonyl (C=O) groups excluding carboxylic acids is 1. The van der Waals surface area contributed by atoms with Gasteiger partial charge in [0.05, 0.1) is 30.5 Å². The zero-order chi connectivity index (χ0) is 23.4. The van der Waals surface area contributed by atoms with Crippen molar-refractivity contribution in [3.05, 3.63) is 88.4 Å². The Hall–Kier alpha value is -4.08. The van der Waals surface area contributed by atoms with Gasteiger partial charge in [0.15, 0.2) is 5.82 Å². The van der Waals surface area contributed by atoms with Gasteiger partial charge in [-0.15, -0.1) is 0 Å². The van der Waals surface area contributed by atoms with Crippen molar-refractivity contribution < 1.29 is 17.9 Å². The van der Waals surface area contributed by atoms with Crippen LogP contribution < -0.4 is 16.2 Å². The van der Waals surface area contributed by atoms with Gasteiger partial charge in [-0.2, -0.15) is 8.78 Å². The molecule has 0 aliphatic rings. The van der Waals surface area contributed by atoms with Crippen molar-refractivity contribution >= 4 is 22.6 Å². The Morgan fingerprint density at radius 1 is 1.18 bits per heavy atom. The first-order valence-electron chi connectivity index (χ1n) is 10.3. The Bertz CT molecular complexity index is 1350. The van der Waals surface area contributed by atoms with Crippen LogP contribution in [0.3, 0.4) is 0 Å². The maximum atomic E-state index is 14.4. The highest BCUT2D eigenvalue weighted by atomic mass is 19.3. The number of aromatic amines is 1. The summed E-state index contributed by atoms with van der Waals surface area (Å²) in [6.07, 6.45) is 4.84. The number of benzene rings is 1. The number of fused-ring (bicyclic) bond motifs is 1. The van der Waals surface area contributed by atoms with Crippen LogP contribution in [0.5, 0.6) is 0 Å². The minimum atomic E-state index is -3.20. The zero-order valence-corrected chi connectivity index (χ0v) is 17.8. The number of aryl methyl sites for hydroxylation is 1. The summed E-state index contributed by atoms with van der Waals surface area (Å²) in [6, 6.07) is 11.1. The number of nitrogens with one attached hydrogen (secondary N) is 3. The highest BCUT2D eigenvalue weighted by Crippen LogP contribution is 2.27. The first-order chi connectivity index (χ1) is 15.8. The molecule has 0 radical (unpaired) electrons. The number of hydrogen-bond acceptors (Lipinski definition) is 5. The average Bonchev–Trinajstić information content (AvgIpc) is 3.28. The number of carbonyl (C=O) groups is 1. The molecule has 0 aliphatic carbocycles.